The number of carboxylic acid groups (broad SMARTS) is 2. The molecule has 1 aromatic carbocycles. The first-order chi connectivity index (χ1) is 27.4. The van der Waals surface area contributed by atoms with Gasteiger partial charge in [0.05, 0.1) is 75.6 Å². The summed E-state index contributed by atoms with van der Waals surface area (Å²) < 4.78 is 27.5. The third-order valence-electron chi connectivity index (χ3n) is 8.28. The van der Waals surface area contributed by atoms with E-state index in [2.05, 4.69) is 22.4 Å². The summed E-state index contributed by atoms with van der Waals surface area (Å²) in [5.41, 5.74) is 3.12. The number of thiophene rings is 1. The summed E-state index contributed by atoms with van der Waals surface area (Å²) in [6, 6.07) is 9.77. The number of carboxylic acids is 2. The number of hydrogen-bond donors (Lipinski definition) is 2. The number of carbonyl (C=O) groups excluding carboxylic acids is 2. The summed E-state index contributed by atoms with van der Waals surface area (Å²) in [4.78, 5) is 49.4. The van der Waals surface area contributed by atoms with Crippen molar-refractivity contribution in [2.24, 2.45) is 22.1 Å². The highest BCUT2D eigenvalue weighted by Crippen LogP contribution is 2.36. The van der Waals surface area contributed by atoms with Gasteiger partial charge in [0, 0.05) is 18.8 Å². The van der Waals surface area contributed by atoms with Crippen LogP contribution in [0.1, 0.15) is 61.1 Å². The van der Waals surface area contributed by atoms with E-state index in [9.17, 15) is 29.7 Å². The molecule has 0 fully saturated rings. The minimum absolute atomic E-state index is 0.0147. The van der Waals surface area contributed by atoms with E-state index in [1.165, 1.54) is 0 Å². The van der Waals surface area contributed by atoms with Crippen molar-refractivity contribution in [3.05, 3.63) is 64.1 Å². The van der Waals surface area contributed by atoms with Crippen LogP contribution in [0.25, 0.3) is 0 Å². The largest absolute Gasteiger partial charge is 0.481 e. The molecule has 2 N–H and O–H groups in total. The van der Waals surface area contributed by atoms with E-state index in [0.29, 0.717) is 46.4 Å². The molecule has 308 valence electrons. The minimum Gasteiger partial charge on any atom is -0.481 e. The summed E-state index contributed by atoms with van der Waals surface area (Å²) >= 11 is 1.11. The van der Waals surface area contributed by atoms with Gasteiger partial charge in [0.1, 0.15) is 30.2 Å². The molecular weight excluding hydrogens is 759 g/mol. The summed E-state index contributed by atoms with van der Waals surface area (Å²) in [6.45, 7) is 9.35. The highest BCUT2D eigenvalue weighted by atomic mass is 32.1. The summed E-state index contributed by atoms with van der Waals surface area (Å²) in [5.74, 6) is -4.88. The Morgan fingerprint density at radius 1 is 0.772 bits per heavy atom. The quantitative estimate of drug-likeness (QED) is 0.0400. The predicted octanol–water partition coefficient (Wildman–Crippen LogP) is 6.58. The molecule has 2 aromatic rings. The second-order valence-electron chi connectivity index (χ2n) is 12.5. The molecule has 0 saturated carbocycles. The molecule has 16 nitrogen and oxygen atoms in total. The molecule has 0 aliphatic rings. The molecular formula is C40H51N5O11S. The number of ether oxygens (including phenoxy) is 5. The van der Waals surface area contributed by atoms with Crippen LogP contribution >= 0.6 is 11.3 Å². The Morgan fingerprint density at radius 3 is 1.74 bits per heavy atom. The van der Waals surface area contributed by atoms with Crippen molar-refractivity contribution in [1.82, 2.24) is 0 Å². The van der Waals surface area contributed by atoms with Gasteiger partial charge in [-0.3, -0.25) is 19.2 Å². The van der Waals surface area contributed by atoms with Gasteiger partial charge in [-0.1, -0.05) is 24.3 Å². The van der Waals surface area contributed by atoms with E-state index in [-0.39, 0.29) is 71.9 Å². The van der Waals surface area contributed by atoms with Crippen molar-refractivity contribution in [2.75, 3.05) is 70.8 Å². The minimum atomic E-state index is -1.08. The summed E-state index contributed by atoms with van der Waals surface area (Å²) in [5, 5.41) is 46.1. The van der Waals surface area contributed by atoms with Crippen LogP contribution in [0.5, 0.6) is 0 Å². The van der Waals surface area contributed by atoms with Gasteiger partial charge in [0.2, 0.25) is 0 Å². The van der Waals surface area contributed by atoms with E-state index in [1.54, 1.807) is 51.1 Å². The lowest BCUT2D eigenvalue weighted by Crippen LogP contribution is -2.32. The fourth-order valence-corrected chi connectivity index (χ4v) is 6.06. The fraction of sp³-hybridized carbons (Fsp3) is 0.500. The summed E-state index contributed by atoms with van der Waals surface area (Å²) in [7, 11) is 0. The van der Waals surface area contributed by atoms with E-state index in [4.69, 9.17) is 33.9 Å². The number of rotatable bonds is 28. The molecule has 2 unspecified atom stereocenters. The van der Waals surface area contributed by atoms with Crippen molar-refractivity contribution in [2.45, 2.75) is 53.4 Å². The lowest BCUT2D eigenvalue weighted by molar-refractivity contribution is -0.154. The first-order valence-corrected chi connectivity index (χ1v) is 19.2. The average molecular weight is 810 g/mol. The monoisotopic (exact) mass is 809 g/mol. The van der Waals surface area contributed by atoms with Crippen LogP contribution in [0, 0.1) is 48.3 Å². The third kappa shape index (κ3) is 17.9. The number of anilines is 1. The Hall–Kier alpha value is -5.46. The van der Waals surface area contributed by atoms with Crippen LogP contribution in [0.2, 0.25) is 0 Å². The van der Waals surface area contributed by atoms with Gasteiger partial charge < -0.3 is 38.8 Å². The molecule has 17 heteroatoms. The Balaban J connectivity index is 1.96. The maximum absolute atomic E-state index is 12.4. The predicted molar refractivity (Wildman–Crippen MR) is 211 cm³/mol. The van der Waals surface area contributed by atoms with Crippen LogP contribution < -0.4 is 4.90 Å². The number of aliphatic carboxylic acids is 2. The van der Waals surface area contributed by atoms with E-state index >= 15 is 0 Å². The molecule has 57 heavy (non-hydrogen) atoms. The Morgan fingerprint density at radius 2 is 1.28 bits per heavy atom. The van der Waals surface area contributed by atoms with Crippen LogP contribution in [0.3, 0.4) is 0 Å². The lowest BCUT2D eigenvalue weighted by Gasteiger charge is -2.25. The maximum atomic E-state index is 12.4. The normalized spacial score (nSPS) is 12.4. The van der Waals surface area contributed by atoms with Gasteiger partial charge in [-0.2, -0.15) is 10.5 Å². The molecule has 2 rings (SSSR count). The van der Waals surface area contributed by atoms with Gasteiger partial charge in [-0.15, -0.1) is 21.6 Å². The van der Waals surface area contributed by atoms with E-state index in [1.807, 2.05) is 24.0 Å². The molecule has 0 saturated heterocycles. The molecule has 0 aliphatic carbocycles. The van der Waals surface area contributed by atoms with Crippen LogP contribution in [0.4, 0.5) is 16.4 Å². The number of aryl methyl sites for hydroxylation is 1. The Kier molecular flexibility index (Phi) is 22.8. The zero-order valence-electron chi connectivity index (χ0n) is 32.8. The van der Waals surface area contributed by atoms with Gasteiger partial charge >= 0.3 is 23.9 Å². The second kappa shape index (κ2) is 27.2. The SMILES string of the molecule is C/C=C/CC(CC(=O)O)C(=O)OCCOCCOCCN(CCOCCOC(=O)C(C/C=C/C)CC(=O)O)c1ccc(/N=N/c2sc(C#N)c(C)c2C#N)c(C)c1. The standard InChI is InChI=1S/C40H51N5O11S/c1-5-7-9-30(24-36(46)47)39(50)55-21-19-53-16-14-45(13-15-52-17-18-54-20-22-56-40(51)31(10-8-6-2)25-37(48)49)32-11-12-34(28(3)23-32)43-44-38-33(26-41)29(4)35(27-42)57-38/h5-8,11-12,23,30-31H,9-10,13-22,24-25H2,1-4H3,(H,46,47)(H,48,49)/b7-5+,8-6+,44-43+. The zero-order valence-corrected chi connectivity index (χ0v) is 33.6. The number of esters is 2. The molecule has 1 aromatic heterocycles. The van der Waals surface area contributed by atoms with Crippen LogP contribution in [-0.4, -0.2) is 100 Å². The number of azo groups is 1. The molecule has 1 heterocycles. The van der Waals surface area contributed by atoms with Crippen molar-refractivity contribution >= 4 is 51.6 Å². The van der Waals surface area contributed by atoms with Gasteiger partial charge in [0.25, 0.3) is 0 Å². The van der Waals surface area contributed by atoms with Crippen molar-refractivity contribution in [3.8, 4) is 12.1 Å². The van der Waals surface area contributed by atoms with Crippen LogP contribution in [-0.2, 0) is 42.9 Å². The number of nitrogens with zero attached hydrogens (tertiary/aromatic N) is 5. The molecule has 0 bridgehead atoms. The molecule has 0 radical (unpaired) electrons. The zero-order chi connectivity index (χ0) is 42.0. The van der Waals surface area contributed by atoms with Gasteiger partial charge in [-0.25, -0.2) is 0 Å². The molecule has 2 atom stereocenters. The van der Waals surface area contributed by atoms with Crippen molar-refractivity contribution in [1.29, 1.82) is 10.5 Å². The van der Waals surface area contributed by atoms with E-state index in [0.717, 1.165) is 22.6 Å². The number of carbonyl (C=O) groups is 4. The smallest absolute Gasteiger partial charge is 0.309 e. The van der Waals surface area contributed by atoms with Gasteiger partial charge in [0.15, 0.2) is 5.00 Å². The summed E-state index contributed by atoms with van der Waals surface area (Å²) in [6.07, 6.45) is 6.85. The first kappa shape index (κ1) is 47.7. The number of nitriles is 2. The number of allylic oxidation sites excluding steroid dienone is 4. The topological polar surface area (TPSA) is 230 Å². The Labute approximate surface area is 336 Å². The van der Waals surface area contributed by atoms with Crippen LogP contribution in [0.15, 0.2) is 52.7 Å². The third-order valence-corrected chi connectivity index (χ3v) is 9.36. The highest BCUT2D eigenvalue weighted by Gasteiger charge is 2.23. The van der Waals surface area contributed by atoms with Crippen molar-refractivity contribution in [3.63, 3.8) is 0 Å². The van der Waals surface area contributed by atoms with Gasteiger partial charge in [-0.05, 0) is 69.9 Å². The van der Waals surface area contributed by atoms with E-state index < -0.39 is 35.7 Å². The average Bonchev–Trinajstić information content (AvgIpc) is 3.50. The molecule has 0 spiro atoms. The lowest BCUT2D eigenvalue weighted by atomic mass is 10.0. The fourth-order valence-electron chi connectivity index (χ4n) is 5.18. The molecule has 0 aliphatic heterocycles. The second-order valence-corrected chi connectivity index (χ2v) is 13.5. The first-order valence-electron chi connectivity index (χ1n) is 18.4. The Bertz CT molecular complexity index is 1790. The highest BCUT2D eigenvalue weighted by molar-refractivity contribution is 7.16. The maximum Gasteiger partial charge on any atom is 0.309 e. The molecule has 0 amide bonds. The van der Waals surface area contributed by atoms with Crippen molar-refractivity contribution < 1.29 is 53.1 Å². The number of hydrogen-bond acceptors (Lipinski definition) is 15. The number of benzene rings is 1.